The minimum atomic E-state index is -1.31. The van der Waals surface area contributed by atoms with Crippen LogP contribution in [0.2, 0.25) is 0 Å². The zero-order valence-corrected chi connectivity index (χ0v) is 21.8. The molecule has 1 aliphatic carbocycles. The van der Waals surface area contributed by atoms with Gasteiger partial charge in [0.15, 0.2) is 17.2 Å². The van der Waals surface area contributed by atoms with Crippen molar-refractivity contribution in [3.05, 3.63) is 75.9 Å². The predicted octanol–water partition coefficient (Wildman–Crippen LogP) is 2.93. The van der Waals surface area contributed by atoms with Crippen LogP contribution in [0.5, 0.6) is 5.75 Å². The molecule has 1 atom stereocenters. The molecule has 0 fully saturated rings. The van der Waals surface area contributed by atoms with Gasteiger partial charge in [-0.2, -0.15) is 0 Å². The molecule has 1 amide bonds. The number of benzene rings is 3. The van der Waals surface area contributed by atoms with Crippen LogP contribution in [0.4, 0.5) is 0 Å². The van der Waals surface area contributed by atoms with Crippen LogP contribution < -0.4 is 22.2 Å². The molecule has 1 unspecified atom stereocenters. The van der Waals surface area contributed by atoms with Crippen molar-refractivity contribution < 1.29 is 29.0 Å². The van der Waals surface area contributed by atoms with Crippen LogP contribution in [0, 0.1) is 0 Å². The van der Waals surface area contributed by atoms with E-state index in [2.05, 4.69) is 10.3 Å². The Bertz CT molecular complexity index is 1680. The largest absolute Gasteiger partial charge is 0.508 e. The third kappa shape index (κ3) is 5.89. The molecule has 206 valence electrons. The van der Waals surface area contributed by atoms with Gasteiger partial charge in [-0.3, -0.25) is 19.4 Å². The molecule has 2 aliphatic rings. The summed E-state index contributed by atoms with van der Waals surface area (Å²) in [7, 11) is 0. The number of aliphatic imine (C=N–C) groups is 1. The van der Waals surface area contributed by atoms with Gasteiger partial charge in [0, 0.05) is 46.3 Å². The van der Waals surface area contributed by atoms with Crippen molar-refractivity contribution in [1.82, 2.24) is 5.32 Å². The van der Waals surface area contributed by atoms with Gasteiger partial charge in [-0.05, 0) is 49.2 Å². The molecule has 11 nitrogen and oxygen atoms in total. The summed E-state index contributed by atoms with van der Waals surface area (Å²) in [6.45, 7) is 0.226. The fourth-order valence-electron chi connectivity index (χ4n) is 4.46. The molecule has 40 heavy (non-hydrogen) atoms. The highest BCUT2D eigenvalue weighted by Gasteiger charge is 2.28. The number of alkyl halides is 1. The van der Waals surface area contributed by atoms with Gasteiger partial charge in [-0.1, -0.05) is 6.07 Å². The molecule has 0 saturated heterocycles. The van der Waals surface area contributed by atoms with E-state index in [0.717, 1.165) is 0 Å². The molecule has 2 aromatic rings. The van der Waals surface area contributed by atoms with E-state index >= 15 is 0 Å². The number of phenols is 1. The minimum absolute atomic E-state index is 0.0374. The first-order chi connectivity index (χ1) is 19.1. The SMILES string of the molecule is NC(N)=NCCCC(NC(=O)c1cccc(C(=O)O)c1-c1c2ccc(=O)cc-2oc2cc(O)ccc12)C(=O)CCl. The third-order valence-electron chi connectivity index (χ3n) is 6.24. The highest BCUT2D eigenvalue weighted by atomic mass is 35.5. The van der Waals surface area contributed by atoms with Gasteiger partial charge >= 0.3 is 5.97 Å². The van der Waals surface area contributed by atoms with Crippen molar-refractivity contribution in [3.63, 3.8) is 0 Å². The Morgan fingerprint density at radius 3 is 2.48 bits per heavy atom. The number of phenolic OH excluding ortho intramolecular Hbond substituents is 1. The Morgan fingerprint density at radius 1 is 1.02 bits per heavy atom. The molecule has 0 bridgehead atoms. The number of hydrogen-bond donors (Lipinski definition) is 5. The first-order valence-corrected chi connectivity index (χ1v) is 12.7. The van der Waals surface area contributed by atoms with E-state index in [0.29, 0.717) is 22.9 Å². The molecule has 1 heterocycles. The monoisotopic (exact) mass is 564 g/mol. The maximum atomic E-state index is 13.7. The van der Waals surface area contributed by atoms with Gasteiger partial charge in [0.2, 0.25) is 0 Å². The summed E-state index contributed by atoms with van der Waals surface area (Å²) in [5.41, 5.74) is 11.0. The summed E-state index contributed by atoms with van der Waals surface area (Å²) in [4.78, 5) is 54.6. The molecule has 12 heteroatoms. The summed E-state index contributed by atoms with van der Waals surface area (Å²) in [6, 6.07) is 11.5. The molecule has 0 radical (unpaired) electrons. The van der Waals surface area contributed by atoms with Gasteiger partial charge in [0.1, 0.15) is 17.1 Å². The van der Waals surface area contributed by atoms with Crippen molar-refractivity contribution >= 4 is 46.2 Å². The van der Waals surface area contributed by atoms with Crippen LogP contribution in [-0.2, 0) is 4.79 Å². The number of hydrogen-bond acceptors (Lipinski definition) is 7. The van der Waals surface area contributed by atoms with Crippen LogP contribution in [0.15, 0.2) is 68.8 Å². The minimum Gasteiger partial charge on any atom is -0.508 e. The number of carbonyl (C=O) groups excluding carboxylic acids is 2. The quantitative estimate of drug-likeness (QED) is 0.0631. The van der Waals surface area contributed by atoms with Crippen LogP contribution in [0.1, 0.15) is 33.6 Å². The summed E-state index contributed by atoms with van der Waals surface area (Å²) < 4.78 is 5.86. The lowest BCUT2D eigenvalue weighted by Gasteiger charge is -2.21. The zero-order chi connectivity index (χ0) is 29.0. The Balaban J connectivity index is 1.90. The maximum Gasteiger partial charge on any atom is 0.336 e. The Morgan fingerprint density at radius 2 is 1.77 bits per heavy atom. The van der Waals surface area contributed by atoms with E-state index in [1.54, 1.807) is 0 Å². The number of ketones is 1. The number of amides is 1. The van der Waals surface area contributed by atoms with Crippen molar-refractivity contribution in [2.75, 3.05) is 12.4 Å². The number of nitrogens with zero attached hydrogens (tertiary/aromatic N) is 1. The number of rotatable bonds is 10. The average molecular weight is 565 g/mol. The second kappa shape index (κ2) is 11.9. The maximum absolute atomic E-state index is 13.7. The number of nitrogens with two attached hydrogens (primary N) is 2. The van der Waals surface area contributed by atoms with Crippen molar-refractivity contribution in [3.8, 4) is 28.2 Å². The zero-order valence-electron chi connectivity index (χ0n) is 21.0. The lowest BCUT2D eigenvalue weighted by atomic mass is 9.87. The first-order valence-electron chi connectivity index (χ1n) is 12.1. The number of fused-ring (bicyclic) bond motifs is 2. The number of aromatic hydroxyl groups is 1. The number of carboxylic acid groups (broad SMARTS) is 1. The molecule has 1 aliphatic heterocycles. The van der Waals surface area contributed by atoms with E-state index in [1.807, 2.05) is 0 Å². The van der Waals surface area contributed by atoms with Crippen molar-refractivity contribution in [2.45, 2.75) is 18.9 Å². The number of nitrogens with one attached hydrogen (secondary N) is 1. The molecular formula is C28H25ClN4O7. The van der Waals surface area contributed by atoms with E-state index in [4.69, 9.17) is 27.5 Å². The summed E-state index contributed by atoms with van der Waals surface area (Å²) in [5, 5.41) is 23.2. The lowest BCUT2D eigenvalue weighted by Crippen LogP contribution is -2.42. The van der Waals surface area contributed by atoms with Gasteiger partial charge in [-0.25, -0.2) is 4.79 Å². The van der Waals surface area contributed by atoms with Crippen LogP contribution in [0.25, 0.3) is 33.4 Å². The van der Waals surface area contributed by atoms with Crippen molar-refractivity contribution in [1.29, 1.82) is 0 Å². The molecular weight excluding hydrogens is 540 g/mol. The number of carbonyl (C=O) groups is 3. The smallest absolute Gasteiger partial charge is 0.336 e. The second-order valence-electron chi connectivity index (χ2n) is 8.92. The number of Topliss-reactive ketones (excluding diaryl/α,β-unsaturated/α-hetero) is 1. The Labute approximate surface area is 232 Å². The van der Waals surface area contributed by atoms with Crippen LogP contribution in [0.3, 0.4) is 0 Å². The number of halogens is 1. The van der Waals surface area contributed by atoms with Crippen LogP contribution in [-0.4, -0.2) is 52.3 Å². The van der Waals surface area contributed by atoms with E-state index in [1.165, 1.54) is 54.6 Å². The summed E-state index contributed by atoms with van der Waals surface area (Å²) in [6.07, 6.45) is 0.549. The van der Waals surface area contributed by atoms with Crippen LogP contribution >= 0.6 is 11.6 Å². The summed E-state index contributed by atoms with van der Waals surface area (Å²) in [5.74, 6) is -2.92. The fourth-order valence-corrected chi connectivity index (χ4v) is 4.65. The molecule has 7 N–H and O–H groups in total. The second-order valence-corrected chi connectivity index (χ2v) is 9.19. The standard InChI is InChI=1S/C28H25ClN4O7/c29-13-21(36)20(5-2-10-32-28(30)31)33-26(37)18-3-1-4-19(27(38)39)25(18)24-16-8-6-14(34)11-22(16)40-23-12-15(35)7-9-17(23)24/h1,3-4,6-9,11-12,20,34H,2,5,10,13H2,(H,33,37)(H,38,39)(H4,30,31,32). The van der Waals surface area contributed by atoms with Gasteiger partial charge in [0.25, 0.3) is 5.91 Å². The number of aromatic carboxylic acids is 1. The third-order valence-corrected chi connectivity index (χ3v) is 6.50. The molecule has 2 aromatic carbocycles. The molecule has 4 rings (SSSR count). The van der Waals surface area contributed by atoms with Gasteiger partial charge in [-0.15, -0.1) is 11.6 Å². The molecule has 0 aromatic heterocycles. The molecule has 0 saturated carbocycles. The topological polar surface area (TPSA) is 198 Å². The number of guanidine groups is 1. The average Bonchev–Trinajstić information content (AvgIpc) is 2.92. The van der Waals surface area contributed by atoms with E-state index < -0.39 is 23.7 Å². The number of carboxylic acids is 1. The van der Waals surface area contributed by atoms with Gasteiger partial charge in [0.05, 0.1) is 17.5 Å². The van der Waals surface area contributed by atoms with E-state index in [9.17, 15) is 29.4 Å². The Hall–Kier alpha value is -4.90. The molecule has 0 spiro atoms. The lowest BCUT2D eigenvalue weighted by molar-refractivity contribution is -0.118. The van der Waals surface area contributed by atoms with Crippen molar-refractivity contribution in [2.24, 2.45) is 16.5 Å². The highest BCUT2D eigenvalue weighted by molar-refractivity contribution is 6.28. The Kier molecular flexibility index (Phi) is 8.34. The highest BCUT2D eigenvalue weighted by Crippen LogP contribution is 2.43. The first kappa shape index (κ1) is 28.1. The predicted molar refractivity (Wildman–Crippen MR) is 150 cm³/mol. The van der Waals surface area contributed by atoms with Gasteiger partial charge < -0.3 is 31.4 Å². The fraction of sp³-hybridized carbons (Fsp3) is 0.179. The van der Waals surface area contributed by atoms with E-state index in [-0.39, 0.29) is 64.0 Å². The summed E-state index contributed by atoms with van der Waals surface area (Å²) >= 11 is 5.79. The normalized spacial score (nSPS) is 11.7.